The highest BCUT2D eigenvalue weighted by atomic mass is 16.6. The van der Waals surface area contributed by atoms with Crippen molar-refractivity contribution in [2.24, 2.45) is 0 Å². The van der Waals surface area contributed by atoms with E-state index in [2.05, 4.69) is 24.3 Å². The van der Waals surface area contributed by atoms with Crippen LogP contribution >= 0.6 is 0 Å². The average Bonchev–Trinajstić information content (AvgIpc) is 3.17. The van der Waals surface area contributed by atoms with Gasteiger partial charge < -0.3 is 19.7 Å². The molecular formula is C44H62O6. The Morgan fingerprint density at radius 2 is 0.720 bits per heavy atom. The molecule has 2 aromatic carbocycles. The van der Waals surface area contributed by atoms with Crippen LogP contribution in [-0.2, 0) is 31.9 Å². The van der Waals surface area contributed by atoms with Crippen LogP contribution < -0.4 is 0 Å². The van der Waals surface area contributed by atoms with Crippen LogP contribution in [0.5, 0.6) is 11.5 Å². The lowest BCUT2D eigenvalue weighted by Gasteiger charge is -2.28. The Labute approximate surface area is 300 Å². The third kappa shape index (κ3) is 9.85. The van der Waals surface area contributed by atoms with E-state index in [-0.39, 0.29) is 38.0 Å². The number of benzene rings is 2. The van der Waals surface area contributed by atoms with Gasteiger partial charge in [0.15, 0.2) is 0 Å². The second-order valence-electron chi connectivity index (χ2n) is 16.0. The van der Waals surface area contributed by atoms with Crippen LogP contribution in [0.3, 0.4) is 0 Å². The highest BCUT2D eigenvalue weighted by Gasteiger charge is 2.27. The molecule has 4 aliphatic rings. The first kappa shape index (κ1) is 36.8. The van der Waals surface area contributed by atoms with E-state index in [1.54, 1.807) is 0 Å². The fourth-order valence-electron chi connectivity index (χ4n) is 9.63. The van der Waals surface area contributed by atoms with Gasteiger partial charge in [-0.3, -0.25) is 9.59 Å². The smallest absolute Gasteiger partial charge is 0.306 e. The molecule has 0 saturated heterocycles. The number of carbonyl (C=O) groups is 2. The van der Waals surface area contributed by atoms with Crippen molar-refractivity contribution in [1.82, 2.24) is 0 Å². The van der Waals surface area contributed by atoms with Crippen molar-refractivity contribution in [1.29, 1.82) is 0 Å². The molecule has 0 spiro atoms. The number of aryl methyl sites for hydroxylation is 2. The lowest BCUT2D eigenvalue weighted by Crippen LogP contribution is -2.15. The molecule has 6 nitrogen and oxygen atoms in total. The Bertz CT molecular complexity index is 1220. The first-order valence-corrected chi connectivity index (χ1v) is 20.5. The Hall–Kier alpha value is -3.02. The van der Waals surface area contributed by atoms with Crippen molar-refractivity contribution in [3.05, 3.63) is 57.6 Å². The maximum atomic E-state index is 12.7. The van der Waals surface area contributed by atoms with Gasteiger partial charge in [0.1, 0.15) is 24.7 Å². The fraction of sp³-hybridized carbons (Fsp3) is 0.682. The van der Waals surface area contributed by atoms with Gasteiger partial charge in [0, 0.05) is 12.8 Å². The molecule has 0 bridgehead atoms. The van der Waals surface area contributed by atoms with E-state index in [1.165, 1.54) is 77.0 Å². The number of ether oxygens (including phenoxy) is 2. The third-order valence-corrected chi connectivity index (χ3v) is 12.5. The number of aromatic hydroxyl groups is 2. The minimum atomic E-state index is -0.290. The summed E-state index contributed by atoms with van der Waals surface area (Å²) in [6, 6.07) is 8.60. The molecule has 0 atom stereocenters. The van der Waals surface area contributed by atoms with E-state index < -0.39 is 0 Å². The molecule has 0 unspecified atom stereocenters. The Morgan fingerprint density at radius 1 is 0.460 bits per heavy atom. The molecule has 0 aliphatic heterocycles. The van der Waals surface area contributed by atoms with Crippen molar-refractivity contribution < 1.29 is 29.3 Å². The maximum absolute atomic E-state index is 12.7. The molecule has 0 heterocycles. The summed E-state index contributed by atoms with van der Waals surface area (Å²) in [5, 5.41) is 22.8. The summed E-state index contributed by atoms with van der Waals surface area (Å²) in [5.74, 6) is 2.05. The van der Waals surface area contributed by atoms with Gasteiger partial charge in [-0.25, -0.2) is 0 Å². The van der Waals surface area contributed by atoms with Crippen molar-refractivity contribution in [2.45, 2.75) is 178 Å². The summed E-state index contributed by atoms with van der Waals surface area (Å²) in [6.45, 7) is 0.106. The van der Waals surface area contributed by atoms with Gasteiger partial charge in [0.25, 0.3) is 0 Å². The molecule has 274 valence electrons. The van der Waals surface area contributed by atoms with E-state index in [4.69, 9.17) is 9.47 Å². The second-order valence-corrected chi connectivity index (χ2v) is 16.0. The Morgan fingerprint density at radius 3 is 0.980 bits per heavy atom. The van der Waals surface area contributed by atoms with Gasteiger partial charge >= 0.3 is 11.9 Å². The third-order valence-electron chi connectivity index (χ3n) is 12.5. The van der Waals surface area contributed by atoms with Gasteiger partial charge in [-0.05, 0) is 121 Å². The normalized spacial score (nSPS) is 20.1. The van der Waals surface area contributed by atoms with E-state index in [1.807, 2.05) is 0 Å². The quantitative estimate of drug-likeness (QED) is 0.161. The van der Waals surface area contributed by atoms with Gasteiger partial charge in [-0.15, -0.1) is 0 Å². The number of phenols is 2. The zero-order chi connectivity index (χ0) is 34.7. The number of hydrogen-bond acceptors (Lipinski definition) is 6. The summed E-state index contributed by atoms with van der Waals surface area (Å²) < 4.78 is 11.0. The van der Waals surface area contributed by atoms with E-state index in [9.17, 15) is 19.8 Å². The van der Waals surface area contributed by atoms with Crippen molar-refractivity contribution in [2.75, 3.05) is 13.2 Å². The van der Waals surface area contributed by atoms with Gasteiger partial charge in [0.2, 0.25) is 0 Å². The molecule has 6 rings (SSSR count). The molecule has 2 aromatic rings. The number of phenolic OH excluding ortho intramolecular Hbond substituents is 2. The van der Waals surface area contributed by atoms with E-state index in [0.717, 1.165) is 84.7 Å². The first-order chi connectivity index (χ1) is 24.5. The standard InChI is InChI=1S/C44H62O6/c45-41(23-21-31-27-37(33-13-5-1-6-14-33)43(47)38(28-31)34-15-7-2-8-16-34)49-25-26-50-42(46)24-22-32-29-39(35-17-9-3-10-18-35)44(48)40(30-32)36-19-11-4-12-20-36/h27-30,33-36,47-48H,1-26H2. The van der Waals surface area contributed by atoms with Gasteiger partial charge in [0.05, 0.1) is 0 Å². The van der Waals surface area contributed by atoms with Gasteiger partial charge in [-0.1, -0.05) is 101 Å². The molecule has 0 radical (unpaired) electrons. The molecule has 4 saturated carbocycles. The maximum Gasteiger partial charge on any atom is 0.306 e. The first-order valence-electron chi connectivity index (χ1n) is 20.5. The van der Waals surface area contributed by atoms with Crippen LogP contribution in [0.4, 0.5) is 0 Å². The second kappa shape index (κ2) is 18.5. The van der Waals surface area contributed by atoms with Crippen LogP contribution in [0.1, 0.15) is 198 Å². The average molecular weight is 687 g/mol. The van der Waals surface area contributed by atoms with Crippen LogP contribution in [0.15, 0.2) is 24.3 Å². The fourth-order valence-corrected chi connectivity index (χ4v) is 9.63. The molecule has 6 heteroatoms. The zero-order valence-corrected chi connectivity index (χ0v) is 30.5. The molecular weight excluding hydrogens is 624 g/mol. The Balaban J connectivity index is 0.980. The van der Waals surface area contributed by atoms with Crippen LogP contribution in [0.2, 0.25) is 0 Å². The summed E-state index contributed by atoms with van der Waals surface area (Å²) >= 11 is 0. The van der Waals surface area contributed by atoms with Crippen molar-refractivity contribution in [3.8, 4) is 11.5 Å². The summed E-state index contributed by atoms with van der Waals surface area (Å²) in [4.78, 5) is 25.5. The van der Waals surface area contributed by atoms with Crippen LogP contribution in [0, 0.1) is 0 Å². The lowest BCUT2D eigenvalue weighted by atomic mass is 9.78. The number of hydrogen-bond donors (Lipinski definition) is 2. The SMILES string of the molecule is O=C(CCc1cc(C2CCCCC2)c(O)c(C2CCCCC2)c1)OCCOC(=O)CCc1cc(C2CCCCC2)c(O)c(C2CCCCC2)c1. The summed E-state index contributed by atoms with van der Waals surface area (Å²) in [6.07, 6.45) is 25.5. The van der Waals surface area contributed by atoms with Crippen LogP contribution in [0.25, 0.3) is 0 Å². The number of carbonyl (C=O) groups excluding carboxylic acids is 2. The minimum Gasteiger partial charge on any atom is -0.507 e. The predicted molar refractivity (Wildman–Crippen MR) is 198 cm³/mol. The minimum absolute atomic E-state index is 0.0532. The zero-order valence-electron chi connectivity index (χ0n) is 30.5. The molecule has 4 aliphatic carbocycles. The Kier molecular flexibility index (Phi) is 13.6. The summed E-state index contributed by atoms with van der Waals surface area (Å²) in [5.41, 5.74) is 6.58. The van der Waals surface area contributed by atoms with Crippen molar-refractivity contribution in [3.63, 3.8) is 0 Å². The highest BCUT2D eigenvalue weighted by Crippen LogP contribution is 2.46. The molecule has 4 fully saturated rings. The van der Waals surface area contributed by atoms with Crippen LogP contribution in [-0.4, -0.2) is 35.4 Å². The molecule has 2 N–H and O–H groups in total. The molecule has 0 amide bonds. The van der Waals surface area contributed by atoms with Gasteiger partial charge in [-0.2, -0.15) is 0 Å². The number of esters is 2. The lowest BCUT2D eigenvalue weighted by molar-refractivity contribution is -0.152. The van der Waals surface area contributed by atoms with E-state index >= 15 is 0 Å². The predicted octanol–water partition coefficient (Wildman–Crippen LogP) is 10.9. The number of rotatable bonds is 13. The monoisotopic (exact) mass is 686 g/mol. The molecule has 0 aromatic heterocycles. The molecule has 50 heavy (non-hydrogen) atoms. The van der Waals surface area contributed by atoms with E-state index in [0.29, 0.717) is 48.0 Å². The van der Waals surface area contributed by atoms with Crippen molar-refractivity contribution >= 4 is 11.9 Å². The largest absolute Gasteiger partial charge is 0.507 e. The topological polar surface area (TPSA) is 93.1 Å². The highest BCUT2D eigenvalue weighted by molar-refractivity contribution is 5.70. The summed E-state index contributed by atoms with van der Waals surface area (Å²) in [7, 11) is 0.